The zero-order valence-corrected chi connectivity index (χ0v) is 22.5. The van der Waals surface area contributed by atoms with Gasteiger partial charge in [-0.25, -0.2) is 13.4 Å². The van der Waals surface area contributed by atoms with Crippen molar-refractivity contribution in [3.8, 4) is 11.3 Å². The quantitative estimate of drug-likeness (QED) is 0.365. The average Bonchev–Trinajstić information content (AvgIpc) is 2.94. The molecule has 0 radical (unpaired) electrons. The minimum absolute atomic E-state index is 0.184. The van der Waals surface area contributed by atoms with Crippen molar-refractivity contribution in [2.24, 2.45) is 5.92 Å². The maximum Gasteiger partial charge on any atom is 0.252 e. The fourth-order valence-corrected chi connectivity index (χ4v) is 6.26. The number of pyridine rings is 2. The van der Waals surface area contributed by atoms with Gasteiger partial charge in [0, 0.05) is 43.0 Å². The zero-order chi connectivity index (χ0) is 26.7. The van der Waals surface area contributed by atoms with E-state index < -0.39 is 10.0 Å². The van der Waals surface area contributed by atoms with Crippen LogP contribution >= 0.6 is 0 Å². The van der Waals surface area contributed by atoms with Gasteiger partial charge in [-0.15, -0.1) is 0 Å². The van der Waals surface area contributed by atoms with Crippen molar-refractivity contribution in [1.29, 1.82) is 0 Å². The van der Waals surface area contributed by atoms with Crippen LogP contribution in [0.25, 0.3) is 22.2 Å². The molecular formula is C30H32N4O3S. The standard InChI is InChI=1S/C30H32N4O3S/c1-21-5-7-23(8-6-21)11-15-32-30(35)27-19-29(24-4-3-14-31-20-24)33-28-10-9-25(18-26(27)28)38(36,37)34-16-12-22(2)13-17-34/h3-10,14,18-20,22H,11-13,15-17H2,1-2H3,(H,32,35). The van der Waals surface area contributed by atoms with Crippen LogP contribution < -0.4 is 5.32 Å². The number of fused-ring (bicyclic) bond motifs is 1. The first-order valence-corrected chi connectivity index (χ1v) is 14.4. The summed E-state index contributed by atoms with van der Waals surface area (Å²) < 4.78 is 28.5. The predicted molar refractivity (Wildman–Crippen MR) is 149 cm³/mol. The molecule has 3 heterocycles. The van der Waals surface area contributed by atoms with E-state index in [-0.39, 0.29) is 10.8 Å². The number of hydrogen-bond acceptors (Lipinski definition) is 5. The van der Waals surface area contributed by atoms with Gasteiger partial charge in [-0.3, -0.25) is 9.78 Å². The van der Waals surface area contributed by atoms with Crippen molar-refractivity contribution < 1.29 is 13.2 Å². The predicted octanol–water partition coefficient (Wildman–Crippen LogP) is 5.00. The fraction of sp³-hybridized carbons (Fsp3) is 0.300. The number of carbonyl (C=O) groups is 1. The third kappa shape index (κ3) is 5.61. The van der Waals surface area contributed by atoms with Gasteiger partial charge in [-0.1, -0.05) is 36.8 Å². The van der Waals surface area contributed by atoms with Crippen LogP contribution in [0, 0.1) is 12.8 Å². The Morgan fingerprint density at radius 2 is 1.82 bits per heavy atom. The first kappa shape index (κ1) is 26.0. The van der Waals surface area contributed by atoms with Gasteiger partial charge in [0.15, 0.2) is 0 Å². The Balaban J connectivity index is 1.49. The smallest absolute Gasteiger partial charge is 0.252 e. The van der Waals surface area contributed by atoms with E-state index in [1.807, 2.05) is 19.1 Å². The highest BCUT2D eigenvalue weighted by atomic mass is 32.2. The minimum atomic E-state index is -3.67. The van der Waals surface area contributed by atoms with Gasteiger partial charge in [-0.2, -0.15) is 4.31 Å². The maximum absolute atomic E-state index is 13.5. The lowest BCUT2D eigenvalue weighted by atomic mass is 10.0. The number of sulfonamides is 1. The van der Waals surface area contributed by atoms with E-state index in [2.05, 4.69) is 41.5 Å². The largest absolute Gasteiger partial charge is 0.352 e. The van der Waals surface area contributed by atoms with Crippen molar-refractivity contribution in [1.82, 2.24) is 19.6 Å². The van der Waals surface area contributed by atoms with Gasteiger partial charge in [0.1, 0.15) is 0 Å². The molecule has 1 aliphatic rings. The Morgan fingerprint density at radius 3 is 2.53 bits per heavy atom. The lowest BCUT2D eigenvalue weighted by Gasteiger charge is -2.29. The summed E-state index contributed by atoms with van der Waals surface area (Å²) in [4.78, 5) is 22.6. The molecule has 0 aliphatic carbocycles. The number of amides is 1. The average molecular weight is 529 g/mol. The van der Waals surface area contributed by atoms with Crippen molar-refractivity contribution >= 4 is 26.8 Å². The number of benzene rings is 2. The molecule has 38 heavy (non-hydrogen) atoms. The van der Waals surface area contributed by atoms with Crippen LogP contribution in [0.3, 0.4) is 0 Å². The topological polar surface area (TPSA) is 92.3 Å². The van der Waals surface area contributed by atoms with Crippen molar-refractivity contribution in [2.75, 3.05) is 19.6 Å². The molecule has 1 saturated heterocycles. The number of nitrogens with zero attached hydrogens (tertiary/aromatic N) is 3. The molecule has 196 valence electrons. The summed E-state index contributed by atoms with van der Waals surface area (Å²) in [5.74, 6) is 0.249. The van der Waals surface area contributed by atoms with E-state index in [1.54, 1.807) is 41.0 Å². The van der Waals surface area contributed by atoms with E-state index in [1.165, 1.54) is 5.56 Å². The zero-order valence-electron chi connectivity index (χ0n) is 21.7. The minimum Gasteiger partial charge on any atom is -0.352 e. The Kier molecular flexibility index (Phi) is 7.53. The van der Waals surface area contributed by atoms with Crippen LogP contribution in [-0.4, -0.2) is 48.2 Å². The number of nitrogens with one attached hydrogen (secondary N) is 1. The Bertz CT molecular complexity index is 1550. The molecule has 5 rings (SSSR count). The molecule has 1 aliphatic heterocycles. The van der Waals surface area contributed by atoms with Crippen LogP contribution in [0.1, 0.15) is 41.3 Å². The molecule has 1 N–H and O–H groups in total. The highest BCUT2D eigenvalue weighted by Crippen LogP contribution is 2.29. The lowest BCUT2D eigenvalue weighted by molar-refractivity contribution is 0.0955. The van der Waals surface area contributed by atoms with Crippen molar-refractivity contribution in [3.05, 3.63) is 89.7 Å². The summed E-state index contributed by atoms with van der Waals surface area (Å²) in [6.07, 6.45) is 5.76. The number of aryl methyl sites for hydroxylation is 1. The summed E-state index contributed by atoms with van der Waals surface area (Å²) in [7, 11) is -3.67. The number of carbonyl (C=O) groups excluding carboxylic acids is 1. The molecule has 1 fully saturated rings. The summed E-state index contributed by atoms with van der Waals surface area (Å²) in [6.45, 7) is 5.66. The third-order valence-corrected chi connectivity index (χ3v) is 9.08. The summed E-state index contributed by atoms with van der Waals surface area (Å²) in [5.41, 5.74) is 4.66. The van der Waals surface area contributed by atoms with Gasteiger partial charge < -0.3 is 5.32 Å². The highest BCUT2D eigenvalue weighted by molar-refractivity contribution is 7.89. The van der Waals surface area contributed by atoms with Gasteiger partial charge in [0.2, 0.25) is 10.0 Å². The monoisotopic (exact) mass is 528 g/mol. The van der Waals surface area contributed by atoms with Crippen molar-refractivity contribution in [3.63, 3.8) is 0 Å². The number of piperidine rings is 1. The van der Waals surface area contributed by atoms with Gasteiger partial charge >= 0.3 is 0 Å². The molecule has 0 atom stereocenters. The second kappa shape index (κ2) is 11.0. The van der Waals surface area contributed by atoms with E-state index in [9.17, 15) is 13.2 Å². The van der Waals surface area contributed by atoms with Crippen LogP contribution in [0.5, 0.6) is 0 Å². The second-order valence-corrected chi connectivity index (χ2v) is 12.0. The maximum atomic E-state index is 13.5. The van der Waals surface area contributed by atoms with E-state index in [0.29, 0.717) is 54.1 Å². The van der Waals surface area contributed by atoms with Crippen LogP contribution in [-0.2, 0) is 16.4 Å². The first-order chi connectivity index (χ1) is 18.3. The van der Waals surface area contributed by atoms with Crippen molar-refractivity contribution in [2.45, 2.75) is 38.0 Å². The number of aromatic nitrogens is 2. The molecule has 0 saturated carbocycles. The Morgan fingerprint density at radius 1 is 1.05 bits per heavy atom. The Labute approximate surface area is 224 Å². The molecule has 0 spiro atoms. The molecule has 1 amide bonds. The fourth-order valence-electron chi connectivity index (χ4n) is 4.76. The second-order valence-electron chi connectivity index (χ2n) is 10.1. The van der Waals surface area contributed by atoms with Gasteiger partial charge in [0.25, 0.3) is 5.91 Å². The third-order valence-electron chi connectivity index (χ3n) is 7.18. The van der Waals surface area contributed by atoms with Crippen LogP contribution in [0.15, 0.2) is 78.0 Å². The summed E-state index contributed by atoms with van der Waals surface area (Å²) >= 11 is 0. The van der Waals surface area contributed by atoms with E-state index >= 15 is 0 Å². The van der Waals surface area contributed by atoms with E-state index in [4.69, 9.17) is 4.98 Å². The summed E-state index contributed by atoms with van der Waals surface area (Å²) in [5, 5.41) is 3.53. The SMILES string of the molecule is Cc1ccc(CCNC(=O)c2cc(-c3cccnc3)nc3ccc(S(=O)(=O)N4CCC(C)CC4)cc23)cc1. The molecule has 8 heteroatoms. The summed E-state index contributed by atoms with van der Waals surface area (Å²) in [6, 6.07) is 18.5. The highest BCUT2D eigenvalue weighted by Gasteiger charge is 2.29. The molecule has 0 unspecified atom stereocenters. The number of hydrogen-bond donors (Lipinski definition) is 1. The first-order valence-electron chi connectivity index (χ1n) is 13.0. The van der Waals surface area contributed by atoms with E-state index in [0.717, 1.165) is 24.0 Å². The molecular weight excluding hydrogens is 496 g/mol. The van der Waals surface area contributed by atoms with Crippen LogP contribution in [0.2, 0.25) is 0 Å². The van der Waals surface area contributed by atoms with Gasteiger partial charge in [-0.05, 0) is 74.1 Å². The molecule has 4 aromatic rings. The molecule has 2 aromatic heterocycles. The lowest BCUT2D eigenvalue weighted by Crippen LogP contribution is -2.37. The Hall–Kier alpha value is -3.62. The molecule has 7 nitrogen and oxygen atoms in total. The normalized spacial score (nSPS) is 15.0. The van der Waals surface area contributed by atoms with Gasteiger partial charge in [0.05, 0.1) is 21.7 Å². The van der Waals surface area contributed by atoms with Crippen LogP contribution in [0.4, 0.5) is 0 Å². The molecule has 0 bridgehead atoms. The number of rotatable bonds is 7. The molecule has 2 aromatic carbocycles.